The molecule has 2 aliphatic heterocycles. The Hall–Kier alpha value is -2.04. The van der Waals surface area contributed by atoms with Crippen LogP contribution in [0.25, 0.3) is 0 Å². The number of rotatable bonds is 2. The largest absolute Gasteiger partial charge is 0.447 e. The number of cyclic esters (lactones) is 1. The van der Waals surface area contributed by atoms with Crippen LogP contribution >= 0.6 is 0 Å². The predicted molar refractivity (Wildman–Crippen MR) is 108 cm³/mol. The molecule has 2 saturated heterocycles. The molecule has 3 aliphatic rings. The maximum absolute atomic E-state index is 13.0. The third-order valence-corrected chi connectivity index (χ3v) is 6.85. The normalized spacial score (nSPS) is 32.6. The summed E-state index contributed by atoms with van der Waals surface area (Å²) in [5.74, 6) is 0.781. The van der Waals surface area contributed by atoms with Crippen molar-refractivity contribution in [3.8, 4) is 0 Å². The molecule has 1 aliphatic carbocycles. The lowest BCUT2D eigenvalue weighted by Crippen LogP contribution is -2.59. The van der Waals surface area contributed by atoms with Gasteiger partial charge < -0.3 is 15.0 Å². The van der Waals surface area contributed by atoms with Crippen molar-refractivity contribution in [3.63, 3.8) is 0 Å². The molecule has 0 unspecified atom stereocenters. The Kier molecular flexibility index (Phi) is 4.67. The van der Waals surface area contributed by atoms with Crippen LogP contribution in [0.2, 0.25) is 0 Å². The Morgan fingerprint density at radius 1 is 1.29 bits per heavy atom. The number of hydrogen-bond acceptors (Lipinski definition) is 3. The molecule has 1 N–H and O–H groups in total. The van der Waals surface area contributed by atoms with E-state index in [4.69, 9.17) is 4.74 Å². The Bertz CT molecular complexity index is 776. The van der Waals surface area contributed by atoms with Crippen LogP contribution in [0.5, 0.6) is 0 Å². The van der Waals surface area contributed by atoms with E-state index in [0.29, 0.717) is 25.4 Å². The molecule has 0 aromatic heterocycles. The average molecular weight is 385 g/mol. The Morgan fingerprint density at radius 2 is 2.04 bits per heavy atom. The van der Waals surface area contributed by atoms with Crippen LogP contribution in [0.1, 0.15) is 70.4 Å². The van der Waals surface area contributed by atoms with Crippen LogP contribution in [-0.4, -0.2) is 41.6 Å². The van der Waals surface area contributed by atoms with Gasteiger partial charge in [0.15, 0.2) is 0 Å². The van der Waals surface area contributed by atoms with Crippen molar-refractivity contribution in [2.75, 3.05) is 13.2 Å². The molecule has 3 fully saturated rings. The van der Waals surface area contributed by atoms with E-state index in [2.05, 4.69) is 62.2 Å². The second-order valence-electron chi connectivity index (χ2n) is 10.1. The zero-order valence-electron chi connectivity index (χ0n) is 17.5. The van der Waals surface area contributed by atoms with E-state index >= 15 is 0 Å². The van der Waals surface area contributed by atoms with Gasteiger partial charge in [0.2, 0.25) is 5.91 Å². The maximum Gasteiger partial charge on any atom is 0.407 e. The highest BCUT2D eigenvalue weighted by atomic mass is 16.6. The number of alkyl carbamates (subject to hydrolysis) is 1. The highest BCUT2D eigenvalue weighted by molar-refractivity contribution is 5.82. The number of ether oxygens (including phenoxy) is 1. The van der Waals surface area contributed by atoms with Gasteiger partial charge in [0.1, 0.15) is 6.61 Å². The van der Waals surface area contributed by atoms with Crippen LogP contribution in [0, 0.1) is 5.92 Å². The van der Waals surface area contributed by atoms with Crippen molar-refractivity contribution in [1.82, 2.24) is 10.2 Å². The number of likely N-dealkylation sites (tertiary alicyclic amines) is 1. The summed E-state index contributed by atoms with van der Waals surface area (Å²) in [6.07, 6.45) is 3.09. The molecule has 1 saturated carbocycles. The highest BCUT2D eigenvalue weighted by Crippen LogP contribution is 2.43. The fourth-order valence-electron chi connectivity index (χ4n) is 5.07. The van der Waals surface area contributed by atoms with Gasteiger partial charge in [-0.25, -0.2) is 4.79 Å². The van der Waals surface area contributed by atoms with Gasteiger partial charge in [-0.1, -0.05) is 45.0 Å². The smallest absolute Gasteiger partial charge is 0.407 e. The molecule has 152 valence electrons. The summed E-state index contributed by atoms with van der Waals surface area (Å²) in [5.41, 5.74) is 2.64. The summed E-state index contributed by atoms with van der Waals surface area (Å²) >= 11 is 0. The molecule has 1 aromatic rings. The summed E-state index contributed by atoms with van der Waals surface area (Å²) in [5, 5.41) is 2.88. The minimum Gasteiger partial charge on any atom is -0.447 e. The van der Waals surface area contributed by atoms with E-state index < -0.39 is 0 Å². The molecule has 2 atom stereocenters. The van der Waals surface area contributed by atoms with Gasteiger partial charge >= 0.3 is 6.09 Å². The van der Waals surface area contributed by atoms with E-state index in [-0.39, 0.29) is 34.9 Å². The van der Waals surface area contributed by atoms with Crippen molar-refractivity contribution >= 4 is 12.0 Å². The molecule has 0 radical (unpaired) electrons. The fourth-order valence-corrected chi connectivity index (χ4v) is 5.07. The van der Waals surface area contributed by atoms with E-state index in [1.807, 2.05) is 0 Å². The predicted octanol–water partition coefficient (Wildman–Crippen LogP) is 3.97. The van der Waals surface area contributed by atoms with Crippen molar-refractivity contribution in [1.29, 1.82) is 0 Å². The zero-order valence-corrected chi connectivity index (χ0v) is 17.5. The van der Waals surface area contributed by atoms with Gasteiger partial charge in [0.25, 0.3) is 0 Å². The molecule has 28 heavy (non-hydrogen) atoms. The minimum absolute atomic E-state index is 0.0187. The third kappa shape index (κ3) is 3.51. The van der Waals surface area contributed by atoms with Crippen LogP contribution in [0.4, 0.5) is 4.79 Å². The van der Waals surface area contributed by atoms with Gasteiger partial charge in [0.05, 0.1) is 5.54 Å². The molecule has 5 nitrogen and oxygen atoms in total. The lowest BCUT2D eigenvalue weighted by atomic mass is 9.68. The quantitative estimate of drug-likeness (QED) is 0.839. The first-order valence-electron chi connectivity index (χ1n) is 10.5. The second kappa shape index (κ2) is 6.78. The molecule has 4 rings (SSSR count). The number of carbonyl (C=O) groups is 2. The van der Waals surface area contributed by atoms with Crippen molar-refractivity contribution in [2.24, 2.45) is 5.92 Å². The van der Waals surface area contributed by atoms with E-state index in [1.165, 1.54) is 11.1 Å². The first kappa shape index (κ1) is 19.3. The number of piperidine rings is 1. The Morgan fingerprint density at radius 3 is 2.64 bits per heavy atom. The number of nitrogens with zero attached hydrogens (tertiary/aromatic N) is 1. The molecular formula is C23H32N2O3. The van der Waals surface area contributed by atoms with E-state index in [0.717, 1.165) is 19.4 Å². The molecule has 2 heterocycles. The molecule has 1 aromatic carbocycles. The van der Waals surface area contributed by atoms with E-state index in [9.17, 15) is 9.59 Å². The van der Waals surface area contributed by atoms with Gasteiger partial charge in [-0.2, -0.15) is 0 Å². The number of hydrogen-bond donors (Lipinski definition) is 1. The number of amides is 2. The number of benzene rings is 1. The van der Waals surface area contributed by atoms with Crippen molar-refractivity contribution in [2.45, 2.75) is 76.3 Å². The lowest BCUT2D eigenvalue weighted by Gasteiger charge is -2.46. The molecule has 1 spiro atoms. The summed E-state index contributed by atoms with van der Waals surface area (Å²) in [6, 6.07) is 9.22. The fraction of sp³-hybridized carbons (Fsp3) is 0.652. The number of nitrogens with one attached hydrogen (secondary N) is 1. The summed E-state index contributed by atoms with van der Waals surface area (Å²) in [4.78, 5) is 26.4. The van der Waals surface area contributed by atoms with Gasteiger partial charge in [-0.05, 0) is 55.1 Å². The zero-order chi connectivity index (χ0) is 20.1. The average Bonchev–Trinajstić information content (AvgIpc) is 3.01. The molecule has 0 bridgehead atoms. The first-order chi connectivity index (χ1) is 13.2. The first-order valence-corrected chi connectivity index (χ1v) is 10.5. The summed E-state index contributed by atoms with van der Waals surface area (Å²) in [7, 11) is 0. The van der Waals surface area contributed by atoms with Gasteiger partial charge in [-0.3, -0.25) is 4.79 Å². The summed E-state index contributed by atoms with van der Waals surface area (Å²) < 4.78 is 5.03. The molecule has 2 amide bonds. The van der Waals surface area contributed by atoms with Crippen LogP contribution in [0.15, 0.2) is 24.3 Å². The summed E-state index contributed by atoms with van der Waals surface area (Å²) in [6.45, 7) is 10.1. The SMILES string of the molecule is C[C@H]1C[C@@H](c2cccc(C(C)(C)C)c2)CCN1C(=O)C1CC2(COC(=O)N2)C1. The monoisotopic (exact) mass is 384 g/mol. The second-order valence-corrected chi connectivity index (χ2v) is 10.1. The van der Waals surface area contributed by atoms with Gasteiger partial charge in [-0.15, -0.1) is 0 Å². The van der Waals surface area contributed by atoms with Gasteiger partial charge in [0, 0.05) is 18.5 Å². The minimum atomic E-state index is -0.349. The number of carbonyl (C=O) groups excluding carboxylic acids is 2. The van der Waals surface area contributed by atoms with Crippen LogP contribution in [0.3, 0.4) is 0 Å². The van der Waals surface area contributed by atoms with Crippen LogP contribution in [-0.2, 0) is 14.9 Å². The molecular weight excluding hydrogens is 352 g/mol. The third-order valence-electron chi connectivity index (χ3n) is 6.85. The topological polar surface area (TPSA) is 58.6 Å². The maximum atomic E-state index is 13.0. The Balaban J connectivity index is 1.37. The van der Waals surface area contributed by atoms with E-state index in [1.54, 1.807) is 0 Å². The highest BCUT2D eigenvalue weighted by Gasteiger charge is 2.53. The van der Waals surface area contributed by atoms with Crippen LogP contribution < -0.4 is 5.32 Å². The Labute approximate surface area is 167 Å². The van der Waals surface area contributed by atoms with Crippen molar-refractivity contribution < 1.29 is 14.3 Å². The molecule has 5 heteroatoms. The lowest BCUT2D eigenvalue weighted by molar-refractivity contribution is -0.144. The van der Waals surface area contributed by atoms with Crippen molar-refractivity contribution in [3.05, 3.63) is 35.4 Å². The standard InChI is InChI=1S/C23H32N2O3/c1-15-10-17(16-6-5-7-19(11-16)22(2,3)4)8-9-25(15)20(26)18-12-23(13-18)14-28-21(27)24-23/h5-7,11,15,17-18H,8-10,12-14H2,1-4H3,(H,24,27)/t15-,17-,18?,23?/m0/s1.